The smallest absolute Gasteiger partial charge is 0.312 e. The number of nitrogens with zero attached hydrogens (tertiary/aromatic N) is 2. The Morgan fingerprint density at radius 2 is 2.00 bits per heavy atom. The number of fused-ring (bicyclic) bond motifs is 1. The number of aliphatic carboxylic acids is 1. The van der Waals surface area contributed by atoms with Crippen molar-refractivity contribution < 1.29 is 19.8 Å². The summed E-state index contributed by atoms with van der Waals surface area (Å²) in [4.78, 5) is 29.0. The second kappa shape index (κ2) is 4.90. The quantitative estimate of drug-likeness (QED) is 0.874. The summed E-state index contributed by atoms with van der Waals surface area (Å²) in [5.74, 6) is -2.39. The highest BCUT2D eigenvalue weighted by Gasteiger charge is 2.37. The molecule has 1 unspecified atom stereocenters. The summed E-state index contributed by atoms with van der Waals surface area (Å²) in [7, 11) is 0. The molecular weight excluding hydrogens is 272 g/mol. The Labute approximate surface area is 120 Å². The molecule has 0 aliphatic carbocycles. The standard InChI is InChI=1S/C15H12N2O4/c18-13-7-16-6-5-10(13)14(19)17-8-11(15(20)21)9-3-1-2-4-12(9)17/h1-7,11,18H,8H2,(H,20,21). The second-order valence-corrected chi connectivity index (χ2v) is 4.76. The van der Waals surface area contributed by atoms with E-state index < -0.39 is 17.8 Å². The SMILES string of the molecule is O=C(O)C1CN(C(=O)c2ccncc2O)c2ccccc21. The molecule has 1 aromatic heterocycles. The van der Waals surface area contributed by atoms with Gasteiger partial charge in [-0.25, -0.2) is 0 Å². The minimum Gasteiger partial charge on any atom is -0.505 e. The summed E-state index contributed by atoms with van der Waals surface area (Å²) < 4.78 is 0. The molecule has 0 saturated carbocycles. The topological polar surface area (TPSA) is 90.7 Å². The molecule has 1 amide bonds. The number of carbonyl (C=O) groups excluding carboxylic acids is 1. The van der Waals surface area contributed by atoms with Crippen molar-refractivity contribution in [2.24, 2.45) is 0 Å². The van der Waals surface area contributed by atoms with Crippen LogP contribution in [0.15, 0.2) is 42.7 Å². The van der Waals surface area contributed by atoms with Crippen LogP contribution in [0.4, 0.5) is 5.69 Å². The molecule has 1 aliphatic rings. The van der Waals surface area contributed by atoms with E-state index in [0.29, 0.717) is 11.3 Å². The van der Waals surface area contributed by atoms with Crippen molar-refractivity contribution in [3.63, 3.8) is 0 Å². The summed E-state index contributed by atoms with van der Waals surface area (Å²) in [5.41, 5.74) is 1.27. The van der Waals surface area contributed by atoms with Gasteiger partial charge in [0.25, 0.3) is 5.91 Å². The fourth-order valence-corrected chi connectivity index (χ4v) is 2.52. The van der Waals surface area contributed by atoms with Crippen molar-refractivity contribution >= 4 is 17.6 Å². The molecule has 21 heavy (non-hydrogen) atoms. The zero-order valence-corrected chi connectivity index (χ0v) is 10.9. The van der Waals surface area contributed by atoms with Crippen molar-refractivity contribution in [1.82, 2.24) is 4.98 Å². The first-order valence-corrected chi connectivity index (χ1v) is 6.36. The Kier molecular flexibility index (Phi) is 3.06. The number of carboxylic acid groups (broad SMARTS) is 1. The third-order valence-corrected chi connectivity index (χ3v) is 3.54. The monoisotopic (exact) mass is 284 g/mol. The first kappa shape index (κ1) is 13.1. The van der Waals surface area contributed by atoms with Gasteiger partial charge >= 0.3 is 5.97 Å². The maximum absolute atomic E-state index is 12.5. The number of carbonyl (C=O) groups is 2. The molecule has 106 valence electrons. The molecule has 6 heteroatoms. The Hall–Kier alpha value is -2.89. The summed E-state index contributed by atoms with van der Waals surface area (Å²) >= 11 is 0. The van der Waals surface area contributed by atoms with Crippen molar-refractivity contribution in [3.05, 3.63) is 53.9 Å². The molecule has 2 N–H and O–H groups in total. The normalized spacial score (nSPS) is 16.6. The predicted molar refractivity (Wildman–Crippen MR) is 74.4 cm³/mol. The van der Waals surface area contributed by atoms with E-state index in [1.54, 1.807) is 24.3 Å². The third kappa shape index (κ3) is 2.10. The van der Waals surface area contributed by atoms with Gasteiger partial charge < -0.3 is 15.1 Å². The Morgan fingerprint density at radius 1 is 1.24 bits per heavy atom. The van der Waals surface area contributed by atoms with Gasteiger partial charge in [-0.15, -0.1) is 0 Å². The molecule has 1 atom stereocenters. The fourth-order valence-electron chi connectivity index (χ4n) is 2.52. The Balaban J connectivity index is 2.03. The van der Waals surface area contributed by atoms with E-state index in [9.17, 15) is 19.8 Å². The van der Waals surface area contributed by atoms with Crippen LogP contribution >= 0.6 is 0 Å². The molecule has 0 radical (unpaired) electrons. The van der Waals surface area contributed by atoms with Gasteiger partial charge in [0.2, 0.25) is 0 Å². The minimum atomic E-state index is -0.975. The molecule has 0 spiro atoms. The average molecular weight is 284 g/mol. The number of benzene rings is 1. The number of anilines is 1. The van der Waals surface area contributed by atoms with E-state index in [1.165, 1.54) is 23.4 Å². The number of rotatable bonds is 2. The van der Waals surface area contributed by atoms with E-state index in [0.717, 1.165) is 0 Å². The molecule has 2 heterocycles. The largest absolute Gasteiger partial charge is 0.505 e. The first-order valence-electron chi connectivity index (χ1n) is 6.36. The summed E-state index contributed by atoms with van der Waals surface area (Å²) in [6, 6.07) is 8.30. The molecular formula is C15H12N2O4. The van der Waals surface area contributed by atoms with E-state index in [-0.39, 0.29) is 17.9 Å². The van der Waals surface area contributed by atoms with Gasteiger partial charge in [0, 0.05) is 18.4 Å². The highest BCUT2D eigenvalue weighted by Crippen LogP contribution is 2.37. The van der Waals surface area contributed by atoms with Crippen LogP contribution < -0.4 is 4.90 Å². The lowest BCUT2D eigenvalue weighted by Gasteiger charge is -2.17. The van der Waals surface area contributed by atoms with Crippen LogP contribution in [0.2, 0.25) is 0 Å². The molecule has 0 bridgehead atoms. The number of para-hydroxylation sites is 1. The van der Waals surface area contributed by atoms with E-state index >= 15 is 0 Å². The highest BCUT2D eigenvalue weighted by atomic mass is 16.4. The van der Waals surface area contributed by atoms with E-state index in [1.807, 2.05) is 0 Å². The molecule has 1 aliphatic heterocycles. The van der Waals surface area contributed by atoms with Crippen molar-refractivity contribution in [2.75, 3.05) is 11.4 Å². The number of pyridine rings is 1. The van der Waals surface area contributed by atoms with Crippen molar-refractivity contribution in [3.8, 4) is 5.75 Å². The third-order valence-electron chi connectivity index (χ3n) is 3.54. The van der Waals surface area contributed by atoms with Crippen molar-refractivity contribution in [1.29, 1.82) is 0 Å². The zero-order chi connectivity index (χ0) is 15.0. The molecule has 3 rings (SSSR count). The van der Waals surface area contributed by atoms with Gasteiger partial charge in [-0.2, -0.15) is 0 Å². The number of hydrogen-bond acceptors (Lipinski definition) is 4. The summed E-state index contributed by atoms with van der Waals surface area (Å²) in [6.07, 6.45) is 2.59. The highest BCUT2D eigenvalue weighted by molar-refractivity contribution is 6.10. The van der Waals surface area contributed by atoms with Gasteiger partial charge in [0.05, 0.1) is 11.8 Å². The van der Waals surface area contributed by atoms with Crippen LogP contribution in [-0.4, -0.2) is 33.6 Å². The molecule has 1 aromatic carbocycles. The van der Waals surface area contributed by atoms with Crippen LogP contribution in [0.5, 0.6) is 5.75 Å². The van der Waals surface area contributed by atoms with Gasteiger partial charge in [-0.05, 0) is 17.7 Å². The van der Waals surface area contributed by atoms with Crippen molar-refractivity contribution in [2.45, 2.75) is 5.92 Å². The lowest BCUT2D eigenvalue weighted by molar-refractivity contribution is -0.138. The van der Waals surface area contributed by atoms with Gasteiger partial charge in [-0.1, -0.05) is 18.2 Å². The molecule has 6 nitrogen and oxygen atoms in total. The van der Waals surface area contributed by atoms with Crippen LogP contribution in [0, 0.1) is 0 Å². The number of carboxylic acids is 1. The molecule has 0 fully saturated rings. The lowest BCUT2D eigenvalue weighted by Crippen LogP contribution is -2.31. The number of hydrogen-bond donors (Lipinski definition) is 2. The minimum absolute atomic E-state index is 0.0509. The van der Waals surface area contributed by atoms with E-state index in [4.69, 9.17) is 0 Å². The molecule has 2 aromatic rings. The Bertz CT molecular complexity index is 729. The van der Waals surface area contributed by atoms with Gasteiger partial charge in [-0.3, -0.25) is 14.6 Å². The van der Waals surface area contributed by atoms with Crippen LogP contribution in [-0.2, 0) is 4.79 Å². The Morgan fingerprint density at radius 3 is 2.71 bits per heavy atom. The van der Waals surface area contributed by atoms with Gasteiger partial charge in [0.1, 0.15) is 11.7 Å². The summed E-state index contributed by atoms with van der Waals surface area (Å²) in [6.45, 7) is 0.0509. The summed E-state index contributed by atoms with van der Waals surface area (Å²) in [5, 5.41) is 19.0. The van der Waals surface area contributed by atoms with Crippen LogP contribution in [0.3, 0.4) is 0 Å². The maximum Gasteiger partial charge on any atom is 0.312 e. The number of amides is 1. The zero-order valence-electron chi connectivity index (χ0n) is 10.9. The van der Waals surface area contributed by atoms with Gasteiger partial charge in [0.15, 0.2) is 0 Å². The number of aromatic hydroxyl groups is 1. The van der Waals surface area contributed by atoms with Crippen LogP contribution in [0.25, 0.3) is 0 Å². The lowest BCUT2D eigenvalue weighted by atomic mass is 10.0. The van der Waals surface area contributed by atoms with Crippen LogP contribution in [0.1, 0.15) is 21.8 Å². The average Bonchev–Trinajstić information content (AvgIpc) is 2.87. The maximum atomic E-state index is 12.5. The van der Waals surface area contributed by atoms with E-state index in [2.05, 4.69) is 4.98 Å². The number of aromatic nitrogens is 1. The first-order chi connectivity index (χ1) is 10.1. The predicted octanol–water partition coefficient (Wildman–Crippen LogP) is 1.62. The molecule has 0 saturated heterocycles. The second-order valence-electron chi connectivity index (χ2n) is 4.76. The fraction of sp³-hybridized carbons (Fsp3) is 0.133.